The Bertz CT molecular complexity index is 477. The molecular weight excluding hydrogens is 304 g/mol. The fourth-order valence-corrected chi connectivity index (χ4v) is 1.71. The number of hydrogen-bond acceptors (Lipinski definition) is 2. The van der Waals surface area contributed by atoms with E-state index in [-0.39, 0.29) is 5.15 Å². The molecule has 1 N–H and O–H groups in total. The monoisotopic (exact) mass is 314 g/mol. The SMILES string of the molecule is CC(Cl)C(=O)NC(C)c1ccc(C(F)(F)F)nc1Cl. The second-order valence-electron chi connectivity index (χ2n) is 3.92. The van der Waals surface area contributed by atoms with E-state index in [0.29, 0.717) is 5.56 Å². The average molecular weight is 315 g/mol. The average Bonchev–Trinajstić information content (AvgIpc) is 2.27. The molecule has 1 amide bonds. The highest BCUT2D eigenvalue weighted by atomic mass is 35.5. The molecule has 106 valence electrons. The lowest BCUT2D eigenvalue weighted by atomic mass is 10.1. The summed E-state index contributed by atoms with van der Waals surface area (Å²) < 4.78 is 37.2. The number of carbonyl (C=O) groups is 1. The summed E-state index contributed by atoms with van der Waals surface area (Å²) in [5, 5.41) is 1.47. The van der Waals surface area contributed by atoms with Gasteiger partial charge >= 0.3 is 6.18 Å². The van der Waals surface area contributed by atoms with Crippen molar-refractivity contribution in [3.63, 3.8) is 0 Å². The molecule has 0 spiro atoms. The Morgan fingerprint density at radius 2 is 1.95 bits per heavy atom. The van der Waals surface area contributed by atoms with E-state index >= 15 is 0 Å². The second kappa shape index (κ2) is 5.96. The first-order chi connectivity index (χ1) is 8.62. The molecule has 0 radical (unpaired) electrons. The minimum absolute atomic E-state index is 0.292. The van der Waals surface area contributed by atoms with Gasteiger partial charge in [-0.15, -0.1) is 11.6 Å². The van der Waals surface area contributed by atoms with Crippen molar-refractivity contribution in [1.82, 2.24) is 10.3 Å². The third-order valence-corrected chi connectivity index (χ3v) is 2.86. The minimum Gasteiger partial charge on any atom is -0.348 e. The Balaban J connectivity index is 2.94. The maximum atomic E-state index is 12.4. The van der Waals surface area contributed by atoms with E-state index in [9.17, 15) is 18.0 Å². The summed E-state index contributed by atoms with van der Waals surface area (Å²) in [6.07, 6.45) is -4.56. The molecule has 19 heavy (non-hydrogen) atoms. The Labute approximate surface area is 118 Å². The maximum absolute atomic E-state index is 12.4. The van der Waals surface area contributed by atoms with Crippen molar-refractivity contribution in [1.29, 1.82) is 0 Å². The van der Waals surface area contributed by atoms with Crippen LogP contribution in [0.2, 0.25) is 5.15 Å². The van der Waals surface area contributed by atoms with Crippen LogP contribution in [0.15, 0.2) is 12.1 Å². The zero-order chi connectivity index (χ0) is 14.8. The van der Waals surface area contributed by atoms with Crippen LogP contribution in [0.25, 0.3) is 0 Å². The normalized spacial score (nSPS) is 14.9. The number of carbonyl (C=O) groups excluding carboxylic acids is 1. The molecule has 0 aromatic carbocycles. The van der Waals surface area contributed by atoms with Gasteiger partial charge in [0.1, 0.15) is 16.2 Å². The Hall–Kier alpha value is -1.01. The molecule has 0 saturated carbocycles. The second-order valence-corrected chi connectivity index (χ2v) is 4.93. The number of halogens is 5. The van der Waals surface area contributed by atoms with Crippen LogP contribution in [0.4, 0.5) is 13.2 Å². The van der Waals surface area contributed by atoms with Crippen LogP contribution in [0.5, 0.6) is 0 Å². The number of alkyl halides is 4. The van der Waals surface area contributed by atoms with Crippen LogP contribution in [-0.2, 0) is 11.0 Å². The molecule has 1 heterocycles. The van der Waals surface area contributed by atoms with Crippen molar-refractivity contribution in [3.8, 4) is 0 Å². The van der Waals surface area contributed by atoms with Gasteiger partial charge in [0, 0.05) is 5.56 Å². The van der Waals surface area contributed by atoms with Gasteiger partial charge in [0.25, 0.3) is 0 Å². The molecular formula is C11H11Cl2F3N2O. The van der Waals surface area contributed by atoms with Gasteiger partial charge in [-0.1, -0.05) is 17.7 Å². The third-order valence-electron chi connectivity index (χ3n) is 2.35. The van der Waals surface area contributed by atoms with E-state index in [0.717, 1.165) is 6.07 Å². The Kier molecular flexibility index (Phi) is 5.04. The number of hydrogen-bond donors (Lipinski definition) is 1. The van der Waals surface area contributed by atoms with Crippen LogP contribution in [0.3, 0.4) is 0 Å². The van der Waals surface area contributed by atoms with Gasteiger partial charge in [-0.3, -0.25) is 4.79 Å². The molecule has 0 bridgehead atoms. The van der Waals surface area contributed by atoms with Gasteiger partial charge in [-0.25, -0.2) is 4.98 Å². The topological polar surface area (TPSA) is 42.0 Å². The standard InChI is InChI=1S/C11H11Cl2F3N2O/c1-5(12)10(19)17-6(2)7-3-4-8(11(14,15)16)18-9(7)13/h3-6H,1-2H3,(H,17,19). The molecule has 1 rings (SSSR count). The number of nitrogens with one attached hydrogen (secondary N) is 1. The van der Waals surface area contributed by atoms with E-state index in [2.05, 4.69) is 10.3 Å². The van der Waals surface area contributed by atoms with Gasteiger partial charge < -0.3 is 5.32 Å². The summed E-state index contributed by atoms with van der Waals surface area (Å²) in [5.41, 5.74) is -0.786. The Morgan fingerprint density at radius 3 is 2.37 bits per heavy atom. The van der Waals surface area contributed by atoms with E-state index in [4.69, 9.17) is 23.2 Å². The number of pyridine rings is 1. The predicted molar refractivity (Wildman–Crippen MR) is 66.1 cm³/mol. The quantitative estimate of drug-likeness (QED) is 0.684. The molecule has 0 saturated heterocycles. The van der Waals surface area contributed by atoms with Crippen molar-refractivity contribution < 1.29 is 18.0 Å². The molecule has 0 aliphatic heterocycles. The summed E-state index contributed by atoms with van der Waals surface area (Å²) >= 11 is 11.3. The summed E-state index contributed by atoms with van der Waals surface area (Å²) in [5.74, 6) is -0.440. The van der Waals surface area contributed by atoms with Crippen molar-refractivity contribution in [2.45, 2.75) is 31.4 Å². The van der Waals surface area contributed by atoms with Crippen LogP contribution < -0.4 is 5.32 Å². The van der Waals surface area contributed by atoms with E-state index < -0.39 is 29.2 Å². The van der Waals surface area contributed by atoms with Gasteiger partial charge in [-0.05, 0) is 19.9 Å². The van der Waals surface area contributed by atoms with Gasteiger partial charge in [-0.2, -0.15) is 13.2 Å². The van der Waals surface area contributed by atoms with Crippen molar-refractivity contribution >= 4 is 29.1 Å². The van der Waals surface area contributed by atoms with Crippen molar-refractivity contribution in [3.05, 3.63) is 28.5 Å². The van der Waals surface area contributed by atoms with Gasteiger partial charge in [0.05, 0.1) is 6.04 Å². The van der Waals surface area contributed by atoms with Crippen molar-refractivity contribution in [2.75, 3.05) is 0 Å². The fraction of sp³-hybridized carbons (Fsp3) is 0.455. The van der Waals surface area contributed by atoms with Crippen LogP contribution >= 0.6 is 23.2 Å². The smallest absolute Gasteiger partial charge is 0.348 e. The Morgan fingerprint density at radius 1 is 1.37 bits per heavy atom. The molecule has 3 nitrogen and oxygen atoms in total. The summed E-state index contributed by atoms with van der Waals surface area (Å²) in [6.45, 7) is 3.06. The number of nitrogens with zero attached hydrogens (tertiary/aromatic N) is 1. The van der Waals surface area contributed by atoms with Crippen LogP contribution in [-0.4, -0.2) is 16.3 Å². The van der Waals surface area contributed by atoms with Crippen LogP contribution in [0, 0.1) is 0 Å². The van der Waals surface area contributed by atoms with Gasteiger partial charge in [0.2, 0.25) is 5.91 Å². The largest absolute Gasteiger partial charge is 0.433 e. The zero-order valence-electron chi connectivity index (χ0n) is 10.1. The summed E-state index contributed by atoms with van der Waals surface area (Å²) in [7, 11) is 0. The lowest BCUT2D eigenvalue weighted by Crippen LogP contribution is -2.32. The lowest BCUT2D eigenvalue weighted by Gasteiger charge is -2.17. The molecule has 0 aliphatic carbocycles. The number of rotatable bonds is 3. The first-order valence-electron chi connectivity index (χ1n) is 5.31. The van der Waals surface area contributed by atoms with Crippen molar-refractivity contribution in [2.24, 2.45) is 0 Å². The number of aromatic nitrogens is 1. The highest BCUT2D eigenvalue weighted by Crippen LogP contribution is 2.31. The minimum atomic E-state index is -4.56. The molecule has 2 unspecified atom stereocenters. The van der Waals surface area contributed by atoms with E-state index in [1.165, 1.54) is 13.0 Å². The first kappa shape index (κ1) is 16.0. The maximum Gasteiger partial charge on any atom is 0.433 e. The predicted octanol–water partition coefficient (Wildman–Crippen LogP) is 3.56. The lowest BCUT2D eigenvalue weighted by molar-refractivity contribution is -0.141. The summed E-state index contributed by atoms with van der Waals surface area (Å²) in [6, 6.07) is 1.41. The molecule has 0 fully saturated rings. The molecule has 1 aromatic rings. The summed E-state index contributed by atoms with van der Waals surface area (Å²) in [4.78, 5) is 14.7. The molecule has 8 heteroatoms. The zero-order valence-corrected chi connectivity index (χ0v) is 11.6. The van der Waals surface area contributed by atoms with Crippen LogP contribution in [0.1, 0.15) is 31.1 Å². The molecule has 0 aliphatic rings. The van der Waals surface area contributed by atoms with Gasteiger partial charge in [0.15, 0.2) is 0 Å². The van der Waals surface area contributed by atoms with E-state index in [1.54, 1.807) is 6.92 Å². The third kappa shape index (κ3) is 4.24. The fourth-order valence-electron chi connectivity index (χ4n) is 1.33. The van der Waals surface area contributed by atoms with E-state index in [1.807, 2.05) is 0 Å². The number of amides is 1. The highest BCUT2D eigenvalue weighted by molar-refractivity contribution is 6.31. The highest BCUT2D eigenvalue weighted by Gasteiger charge is 2.33. The molecule has 2 atom stereocenters. The first-order valence-corrected chi connectivity index (χ1v) is 6.12. The molecule has 1 aromatic heterocycles.